The topological polar surface area (TPSA) is 43.6 Å². The Kier molecular flexibility index (Phi) is 3.81. The van der Waals surface area contributed by atoms with E-state index in [0.29, 0.717) is 0 Å². The minimum atomic E-state index is 0.793. The van der Waals surface area contributed by atoms with Crippen molar-refractivity contribution in [3.05, 3.63) is 41.5 Å². The molecule has 0 N–H and O–H groups in total. The fraction of sp³-hybridized carbons (Fsp3) is 0.308. The van der Waals surface area contributed by atoms with Gasteiger partial charge in [0, 0.05) is 5.75 Å². The molecule has 4 nitrogen and oxygen atoms in total. The van der Waals surface area contributed by atoms with Crippen molar-refractivity contribution in [1.82, 2.24) is 20.2 Å². The average Bonchev–Trinajstić information content (AvgIpc) is 2.78. The Bertz CT molecular complexity index is 574. The van der Waals surface area contributed by atoms with Crippen LogP contribution in [-0.2, 0) is 0 Å². The van der Waals surface area contributed by atoms with Crippen LogP contribution in [0.15, 0.2) is 35.5 Å². The highest BCUT2D eigenvalue weighted by molar-refractivity contribution is 7.99. The lowest BCUT2D eigenvalue weighted by Gasteiger charge is -2.06. The molecule has 2 aromatic rings. The van der Waals surface area contributed by atoms with Crippen LogP contribution >= 0.6 is 11.8 Å². The summed E-state index contributed by atoms with van der Waals surface area (Å²) in [6, 6.07) is 6.21. The third kappa shape index (κ3) is 2.79. The first-order chi connectivity index (χ1) is 8.58. The van der Waals surface area contributed by atoms with Crippen molar-refractivity contribution in [1.29, 1.82) is 0 Å². The van der Waals surface area contributed by atoms with Crippen LogP contribution in [0, 0.1) is 13.8 Å². The molecule has 2 rings (SSSR count). The summed E-state index contributed by atoms with van der Waals surface area (Å²) in [5, 5.41) is 12.6. The molecule has 0 radical (unpaired) electrons. The molecule has 0 saturated heterocycles. The van der Waals surface area contributed by atoms with Crippen LogP contribution in [-0.4, -0.2) is 26.0 Å². The maximum absolute atomic E-state index is 4.04. The number of thioether (sulfide) groups is 1. The van der Waals surface area contributed by atoms with Gasteiger partial charge in [-0.05, 0) is 54.5 Å². The summed E-state index contributed by atoms with van der Waals surface area (Å²) in [6.45, 7) is 10.1. The molecule has 0 amide bonds. The maximum Gasteiger partial charge on any atom is 0.214 e. The van der Waals surface area contributed by atoms with Gasteiger partial charge in [0.15, 0.2) is 0 Å². The van der Waals surface area contributed by atoms with Gasteiger partial charge >= 0.3 is 0 Å². The molecule has 0 bridgehead atoms. The normalized spacial score (nSPS) is 10.6. The van der Waals surface area contributed by atoms with Gasteiger partial charge in [0.2, 0.25) is 5.16 Å². The molecule has 0 aliphatic carbocycles. The van der Waals surface area contributed by atoms with E-state index < -0.39 is 0 Å². The first-order valence-corrected chi connectivity index (χ1v) is 6.69. The number of hydrogen-bond acceptors (Lipinski definition) is 4. The monoisotopic (exact) mass is 260 g/mol. The summed E-state index contributed by atoms with van der Waals surface area (Å²) in [4.78, 5) is 0. The van der Waals surface area contributed by atoms with Crippen LogP contribution in [0.1, 0.15) is 18.1 Å². The summed E-state index contributed by atoms with van der Waals surface area (Å²) in [5.41, 5.74) is 4.60. The average molecular weight is 260 g/mol. The molecule has 1 aromatic heterocycles. The molecule has 0 spiro atoms. The molecule has 0 saturated carbocycles. The molecule has 0 aliphatic heterocycles. The molecule has 0 fully saturated rings. The Hall–Kier alpha value is -1.62. The van der Waals surface area contributed by atoms with E-state index in [1.54, 1.807) is 16.4 Å². The Balaban J connectivity index is 2.30. The number of nitrogens with zero attached hydrogens (tertiary/aromatic N) is 4. The standard InChI is InChI=1S/C13H16N4S/c1-9(2)8-18-13-14-15-16-17(13)12-6-5-10(3)11(4)7-12/h5-7H,1,8H2,2-4H3. The Labute approximate surface area is 111 Å². The van der Waals surface area contributed by atoms with E-state index in [4.69, 9.17) is 0 Å². The second-order valence-corrected chi connectivity index (χ2v) is 5.33. The molecule has 5 heteroatoms. The summed E-state index contributed by atoms with van der Waals surface area (Å²) in [7, 11) is 0. The van der Waals surface area contributed by atoms with Crippen molar-refractivity contribution < 1.29 is 0 Å². The highest BCUT2D eigenvalue weighted by atomic mass is 32.2. The molecule has 1 aromatic carbocycles. The van der Waals surface area contributed by atoms with Crippen LogP contribution in [0.25, 0.3) is 5.69 Å². The van der Waals surface area contributed by atoms with Crippen LogP contribution < -0.4 is 0 Å². The summed E-state index contributed by atoms with van der Waals surface area (Å²) in [5.74, 6) is 0.825. The van der Waals surface area contributed by atoms with E-state index in [-0.39, 0.29) is 0 Å². The third-order valence-corrected chi connectivity index (χ3v) is 3.77. The Morgan fingerprint density at radius 3 is 2.78 bits per heavy atom. The van der Waals surface area contributed by atoms with E-state index in [9.17, 15) is 0 Å². The minimum absolute atomic E-state index is 0.793. The van der Waals surface area contributed by atoms with E-state index >= 15 is 0 Å². The number of benzene rings is 1. The number of tetrazole rings is 1. The zero-order chi connectivity index (χ0) is 13.1. The van der Waals surface area contributed by atoms with Crippen molar-refractivity contribution in [2.45, 2.75) is 25.9 Å². The highest BCUT2D eigenvalue weighted by Crippen LogP contribution is 2.21. The molecule has 18 heavy (non-hydrogen) atoms. The predicted octanol–water partition coefficient (Wildman–Crippen LogP) is 2.95. The predicted molar refractivity (Wildman–Crippen MR) is 74.2 cm³/mol. The zero-order valence-corrected chi connectivity index (χ0v) is 11.7. The van der Waals surface area contributed by atoms with Gasteiger partial charge in [-0.15, -0.1) is 5.10 Å². The minimum Gasteiger partial charge on any atom is -0.187 e. The van der Waals surface area contributed by atoms with Gasteiger partial charge in [0.05, 0.1) is 5.69 Å². The van der Waals surface area contributed by atoms with Crippen molar-refractivity contribution in [3.8, 4) is 5.69 Å². The lowest BCUT2D eigenvalue weighted by Crippen LogP contribution is -2.00. The molecule has 0 aliphatic rings. The number of aryl methyl sites for hydroxylation is 2. The number of hydrogen-bond donors (Lipinski definition) is 0. The SMILES string of the molecule is C=C(C)CSc1nnnn1-c1ccc(C)c(C)c1. The van der Waals surface area contributed by atoms with Crippen LogP contribution in [0.3, 0.4) is 0 Å². The Morgan fingerprint density at radius 2 is 2.11 bits per heavy atom. The van der Waals surface area contributed by atoms with Gasteiger partial charge in [0.25, 0.3) is 0 Å². The van der Waals surface area contributed by atoms with Gasteiger partial charge in [-0.3, -0.25) is 0 Å². The van der Waals surface area contributed by atoms with Gasteiger partial charge in [-0.1, -0.05) is 30.0 Å². The van der Waals surface area contributed by atoms with Crippen molar-refractivity contribution in [3.63, 3.8) is 0 Å². The molecule has 0 atom stereocenters. The molecular formula is C13H16N4S. The third-order valence-electron chi connectivity index (χ3n) is 2.62. The largest absolute Gasteiger partial charge is 0.214 e. The van der Waals surface area contributed by atoms with Crippen molar-refractivity contribution in [2.75, 3.05) is 5.75 Å². The van der Waals surface area contributed by atoms with E-state index in [0.717, 1.165) is 22.2 Å². The second kappa shape index (κ2) is 5.35. The molecular weight excluding hydrogens is 244 g/mol. The highest BCUT2D eigenvalue weighted by Gasteiger charge is 2.09. The zero-order valence-electron chi connectivity index (χ0n) is 10.8. The van der Waals surface area contributed by atoms with E-state index in [1.807, 2.05) is 13.0 Å². The van der Waals surface area contributed by atoms with E-state index in [2.05, 4.69) is 48.1 Å². The maximum atomic E-state index is 4.04. The van der Waals surface area contributed by atoms with E-state index in [1.165, 1.54) is 11.1 Å². The fourth-order valence-electron chi connectivity index (χ4n) is 1.48. The first-order valence-electron chi connectivity index (χ1n) is 5.71. The quantitative estimate of drug-likeness (QED) is 0.626. The summed E-state index contributed by atoms with van der Waals surface area (Å²) < 4.78 is 1.76. The summed E-state index contributed by atoms with van der Waals surface area (Å²) >= 11 is 1.59. The molecule has 94 valence electrons. The number of aromatic nitrogens is 4. The smallest absolute Gasteiger partial charge is 0.187 e. The van der Waals surface area contributed by atoms with Crippen LogP contribution in [0.4, 0.5) is 0 Å². The van der Waals surface area contributed by atoms with Gasteiger partial charge in [-0.25, -0.2) is 0 Å². The van der Waals surface area contributed by atoms with Crippen molar-refractivity contribution >= 4 is 11.8 Å². The van der Waals surface area contributed by atoms with Gasteiger partial charge < -0.3 is 0 Å². The molecule has 1 heterocycles. The Morgan fingerprint density at radius 1 is 1.33 bits per heavy atom. The van der Waals surface area contributed by atoms with Crippen LogP contribution in [0.5, 0.6) is 0 Å². The summed E-state index contributed by atoms with van der Waals surface area (Å²) in [6.07, 6.45) is 0. The van der Waals surface area contributed by atoms with Crippen LogP contribution in [0.2, 0.25) is 0 Å². The number of rotatable bonds is 4. The molecule has 0 unspecified atom stereocenters. The van der Waals surface area contributed by atoms with Gasteiger partial charge in [0.1, 0.15) is 0 Å². The second-order valence-electron chi connectivity index (χ2n) is 4.39. The lowest BCUT2D eigenvalue weighted by molar-refractivity contribution is 0.755. The van der Waals surface area contributed by atoms with Crippen molar-refractivity contribution in [2.24, 2.45) is 0 Å². The fourth-order valence-corrected chi connectivity index (χ4v) is 2.21. The van der Waals surface area contributed by atoms with Gasteiger partial charge in [-0.2, -0.15) is 4.68 Å². The first kappa shape index (κ1) is 12.8. The lowest BCUT2D eigenvalue weighted by atomic mass is 10.1.